The van der Waals surface area contributed by atoms with E-state index in [1.54, 1.807) is 30.5 Å². The standard InChI is InChI=1S/C18H23FN4O/c1-23(2)12-11-20-15-8-10-21-17(13-15)18(24)22-9-7-14-5-3-4-6-16(14)19/h3-6,8,10,13H,7,9,11-12H2,1-2H3,(H,20,21)(H,22,24). The van der Waals surface area contributed by atoms with Crippen molar-refractivity contribution in [2.24, 2.45) is 0 Å². The Balaban J connectivity index is 1.84. The van der Waals surface area contributed by atoms with Crippen LogP contribution in [0.4, 0.5) is 10.1 Å². The highest BCUT2D eigenvalue weighted by Crippen LogP contribution is 2.08. The molecule has 1 aromatic carbocycles. The van der Waals surface area contributed by atoms with Crippen molar-refractivity contribution in [3.05, 3.63) is 59.7 Å². The summed E-state index contributed by atoms with van der Waals surface area (Å²) in [5.74, 6) is -0.514. The van der Waals surface area contributed by atoms with Crippen molar-refractivity contribution in [3.63, 3.8) is 0 Å². The lowest BCUT2D eigenvalue weighted by Gasteiger charge is -2.12. The molecule has 5 nitrogen and oxygen atoms in total. The second-order valence-electron chi connectivity index (χ2n) is 5.76. The monoisotopic (exact) mass is 330 g/mol. The maximum Gasteiger partial charge on any atom is 0.269 e. The third-order valence-corrected chi connectivity index (χ3v) is 3.52. The average molecular weight is 330 g/mol. The van der Waals surface area contributed by atoms with E-state index in [9.17, 15) is 9.18 Å². The lowest BCUT2D eigenvalue weighted by molar-refractivity contribution is 0.0949. The number of rotatable bonds is 8. The molecule has 1 aromatic heterocycles. The number of aromatic nitrogens is 1. The Morgan fingerprint density at radius 3 is 2.75 bits per heavy atom. The third kappa shape index (κ3) is 5.62. The molecular formula is C18H23FN4O. The average Bonchev–Trinajstić information content (AvgIpc) is 2.56. The van der Waals surface area contributed by atoms with E-state index in [-0.39, 0.29) is 11.7 Å². The van der Waals surface area contributed by atoms with Gasteiger partial charge >= 0.3 is 0 Å². The maximum atomic E-state index is 13.5. The van der Waals surface area contributed by atoms with Crippen LogP contribution in [0.3, 0.4) is 0 Å². The normalized spacial score (nSPS) is 10.7. The van der Waals surface area contributed by atoms with Gasteiger partial charge in [-0.2, -0.15) is 0 Å². The van der Waals surface area contributed by atoms with Crippen LogP contribution in [0.25, 0.3) is 0 Å². The van der Waals surface area contributed by atoms with Crippen molar-refractivity contribution < 1.29 is 9.18 Å². The third-order valence-electron chi connectivity index (χ3n) is 3.52. The lowest BCUT2D eigenvalue weighted by Crippen LogP contribution is -2.27. The first-order valence-electron chi connectivity index (χ1n) is 7.92. The van der Waals surface area contributed by atoms with Crippen LogP contribution in [0.1, 0.15) is 16.1 Å². The molecule has 0 radical (unpaired) electrons. The molecule has 0 fully saturated rings. The first-order chi connectivity index (χ1) is 11.6. The summed E-state index contributed by atoms with van der Waals surface area (Å²) < 4.78 is 13.5. The minimum Gasteiger partial charge on any atom is -0.384 e. The zero-order chi connectivity index (χ0) is 17.4. The van der Waals surface area contributed by atoms with Gasteiger partial charge in [-0.25, -0.2) is 4.39 Å². The predicted octanol–water partition coefficient (Wildman–Crippen LogP) is 2.17. The molecule has 0 aliphatic carbocycles. The summed E-state index contributed by atoms with van der Waals surface area (Å²) in [5, 5.41) is 6.02. The molecule has 0 saturated carbocycles. The summed E-state index contributed by atoms with van der Waals surface area (Å²) >= 11 is 0. The molecule has 0 saturated heterocycles. The van der Waals surface area contributed by atoms with Gasteiger partial charge in [0.2, 0.25) is 0 Å². The van der Waals surface area contributed by atoms with Gasteiger partial charge in [0.05, 0.1) is 0 Å². The van der Waals surface area contributed by atoms with Gasteiger partial charge in [0.25, 0.3) is 5.91 Å². The number of amides is 1. The number of hydrogen-bond donors (Lipinski definition) is 2. The Labute approximate surface area is 141 Å². The number of nitrogens with zero attached hydrogens (tertiary/aromatic N) is 2. The Morgan fingerprint density at radius 1 is 1.21 bits per heavy atom. The van der Waals surface area contributed by atoms with Crippen LogP contribution in [0.5, 0.6) is 0 Å². The lowest BCUT2D eigenvalue weighted by atomic mass is 10.1. The van der Waals surface area contributed by atoms with Gasteiger partial charge < -0.3 is 15.5 Å². The van der Waals surface area contributed by atoms with Gasteiger partial charge in [0, 0.05) is 31.5 Å². The topological polar surface area (TPSA) is 57.3 Å². The molecule has 24 heavy (non-hydrogen) atoms. The van der Waals surface area contributed by atoms with E-state index in [0.29, 0.717) is 24.2 Å². The second kappa shape index (κ2) is 8.98. The molecule has 1 heterocycles. The van der Waals surface area contributed by atoms with Gasteiger partial charge in [-0.1, -0.05) is 18.2 Å². The summed E-state index contributed by atoms with van der Waals surface area (Å²) in [7, 11) is 4.01. The van der Waals surface area contributed by atoms with Crippen molar-refractivity contribution in [2.45, 2.75) is 6.42 Å². The van der Waals surface area contributed by atoms with Crippen molar-refractivity contribution in [1.82, 2.24) is 15.2 Å². The minimum atomic E-state index is -0.261. The van der Waals surface area contributed by atoms with Crippen molar-refractivity contribution in [3.8, 4) is 0 Å². The quantitative estimate of drug-likeness (QED) is 0.779. The molecular weight excluding hydrogens is 307 g/mol. The predicted molar refractivity (Wildman–Crippen MR) is 93.7 cm³/mol. The Hall–Kier alpha value is -2.47. The number of benzene rings is 1. The fraction of sp³-hybridized carbons (Fsp3) is 0.333. The van der Waals surface area contributed by atoms with E-state index in [4.69, 9.17) is 0 Å². The molecule has 0 spiro atoms. The number of likely N-dealkylation sites (N-methyl/N-ethyl adjacent to an activating group) is 1. The van der Waals surface area contributed by atoms with E-state index in [1.807, 2.05) is 20.2 Å². The van der Waals surface area contributed by atoms with Gasteiger partial charge in [-0.3, -0.25) is 9.78 Å². The molecule has 0 aliphatic heterocycles. The first-order valence-corrected chi connectivity index (χ1v) is 7.92. The van der Waals surface area contributed by atoms with Crippen LogP contribution >= 0.6 is 0 Å². The molecule has 0 bridgehead atoms. The molecule has 2 rings (SSSR count). The van der Waals surface area contributed by atoms with Gasteiger partial charge in [-0.15, -0.1) is 0 Å². The molecule has 128 valence electrons. The number of hydrogen-bond acceptors (Lipinski definition) is 4. The van der Waals surface area contributed by atoms with Crippen LogP contribution < -0.4 is 10.6 Å². The van der Waals surface area contributed by atoms with E-state index in [0.717, 1.165) is 18.8 Å². The molecule has 1 amide bonds. The number of halogens is 1. The molecule has 0 aliphatic rings. The highest BCUT2D eigenvalue weighted by Gasteiger charge is 2.08. The Kier molecular flexibility index (Phi) is 6.69. The SMILES string of the molecule is CN(C)CCNc1ccnc(C(=O)NCCc2ccccc2F)c1. The minimum absolute atomic E-state index is 0.253. The fourth-order valence-electron chi connectivity index (χ4n) is 2.19. The summed E-state index contributed by atoms with van der Waals surface area (Å²) in [6, 6.07) is 10.1. The van der Waals surface area contributed by atoms with Gasteiger partial charge in [0.15, 0.2) is 0 Å². The smallest absolute Gasteiger partial charge is 0.269 e. The van der Waals surface area contributed by atoms with Crippen LogP contribution in [0.2, 0.25) is 0 Å². The largest absolute Gasteiger partial charge is 0.384 e. The number of anilines is 1. The fourth-order valence-corrected chi connectivity index (χ4v) is 2.19. The Morgan fingerprint density at radius 2 is 2.00 bits per heavy atom. The van der Waals surface area contributed by atoms with E-state index in [2.05, 4.69) is 20.5 Å². The van der Waals surface area contributed by atoms with Gasteiger partial charge in [0.1, 0.15) is 11.5 Å². The van der Waals surface area contributed by atoms with Crippen LogP contribution in [-0.4, -0.2) is 49.5 Å². The number of nitrogens with one attached hydrogen (secondary N) is 2. The van der Waals surface area contributed by atoms with E-state index >= 15 is 0 Å². The van der Waals surface area contributed by atoms with Gasteiger partial charge in [-0.05, 0) is 44.3 Å². The van der Waals surface area contributed by atoms with Crippen LogP contribution in [0, 0.1) is 5.82 Å². The number of carbonyl (C=O) groups excluding carboxylic acids is 1. The van der Waals surface area contributed by atoms with Crippen molar-refractivity contribution in [2.75, 3.05) is 39.0 Å². The highest BCUT2D eigenvalue weighted by molar-refractivity contribution is 5.93. The van der Waals surface area contributed by atoms with Crippen LogP contribution in [0.15, 0.2) is 42.6 Å². The zero-order valence-corrected chi connectivity index (χ0v) is 14.1. The summed E-state index contributed by atoms with van der Waals surface area (Å²) in [5.41, 5.74) is 1.79. The maximum absolute atomic E-state index is 13.5. The number of pyridine rings is 1. The molecule has 2 N–H and O–H groups in total. The summed E-state index contributed by atoms with van der Waals surface area (Å²) in [6.45, 7) is 2.04. The van der Waals surface area contributed by atoms with Crippen LogP contribution in [-0.2, 0) is 6.42 Å². The zero-order valence-electron chi connectivity index (χ0n) is 14.1. The summed E-state index contributed by atoms with van der Waals surface area (Å²) in [6.07, 6.45) is 2.04. The Bertz CT molecular complexity index is 676. The summed E-state index contributed by atoms with van der Waals surface area (Å²) in [4.78, 5) is 18.3. The second-order valence-corrected chi connectivity index (χ2v) is 5.76. The highest BCUT2D eigenvalue weighted by atomic mass is 19.1. The van der Waals surface area contributed by atoms with Crippen molar-refractivity contribution >= 4 is 11.6 Å². The number of carbonyl (C=O) groups is 1. The molecule has 0 unspecified atom stereocenters. The first kappa shape index (κ1) is 17.9. The molecule has 6 heteroatoms. The molecule has 0 atom stereocenters. The van der Waals surface area contributed by atoms with E-state index in [1.165, 1.54) is 6.07 Å². The molecule has 2 aromatic rings. The van der Waals surface area contributed by atoms with Crippen molar-refractivity contribution in [1.29, 1.82) is 0 Å². The van der Waals surface area contributed by atoms with E-state index < -0.39 is 0 Å².